The van der Waals surface area contributed by atoms with Gasteiger partial charge in [-0.05, 0) is 29.8 Å². The Hall–Kier alpha value is -3.57. The van der Waals surface area contributed by atoms with E-state index in [4.69, 9.17) is 33.1 Å². The zero-order valence-corrected chi connectivity index (χ0v) is 19.1. The van der Waals surface area contributed by atoms with E-state index in [0.717, 1.165) is 5.56 Å². The third kappa shape index (κ3) is 5.92. The SMILES string of the molecule is O=C(O)C(F)(F)F.O=C1c2c(O)c(=O)c(-c3ccccn3)cn2CCN1Cc1ccc(Cl)c(Cl)c1. The first kappa shape index (κ1) is 26.0. The first-order valence-corrected chi connectivity index (χ1v) is 10.6. The minimum absolute atomic E-state index is 0.0176. The van der Waals surface area contributed by atoms with Gasteiger partial charge in [0.25, 0.3) is 5.91 Å². The normalized spacial score (nSPS) is 13.1. The van der Waals surface area contributed by atoms with Crippen LogP contribution in [0.5, 0.6) is 5.75 Å². The molecule has 0 atom stereocenters. The molecule has 8 nitrogen and oxygen atoms in total. The Kier molecular flexibility index (Phi) is 7.71. The number of rotatable bonds is 3. The Labute approximate surface area is 205 Å². The zero-order chi connectivity index (χ0) is 25.9. The van der Waals surface area contributed by atoms with Gasteiger partial charge < -0.3 is 19.7 Å². The molecule has 35 heavy (non-hydrogen) atoms. The number of halogens is 5. The highest BCUT2D eigenvalue weighted by Crippen LogP contribution is 2.27. The number of hydrogen-bond donors (Lipinski definition) is 2. The Morgan fingerprint density at radius 3 is 2.34 bits per heavy atom. The number of aliphatic carboxylic acids is 1. The van der Waals surface area contributed by atoms with Crippen LogP contribution in [-0.2, 0) is 17.9 Å². The Morgan fingerprint density at radius 1 is 1.09 bits per heavy atom. The van der Waals surface area contributed by atoms with Crippen LogP contribution in [0.4, 0.5) is 13.2 Å². The third-order valence-corrected chi connectivity index (χ3v) is 5.64. The zero-order valence-electron chi connectivity index (χ0n) is 17.6. The molecule has 3 heterocycles. The molecular formula is C22H16Cl2F3N3O5. The van der Waals surface area contributed by atoms with Crippen molar-refractivity contribution in [1.82, 2.24) is 14.5 Å². The quantitative estimate of drug-likeness (QED) is 0.525. The number of pyridine rings is 2. The van der Waals surface area contributed by atoms with Crippen LogP contribution in [0.15, 0.2) is 53.6 Å². The van der Waals surface area contributed by atoms with Crippen molar-refractivity contribution in [2.45, 2.75) is 19.3 Å². The molecule has 2 N–H and O–H groups in total. The number of carboxylic acids is 1. The van der Waals surface area contributed by atoms with E-state index in [1.54, 1.807) is 58.3 Å². The number of alkyl halides is 3. The summed E-state index contributed by atoms with van der Waals surface area (Å²) in [6, 6.07) is 10.3. The molecule has 184 valence electrons. The molecule has 0 spiro atoms. The number of carbonyl (C=O) groups excluding carboxylic acids is 1. The minimum Gasteiger partial charge on any atom is -0.503 e. The van der Waals surface area contributed by atoms with Gasteiger partial charge in [0.2, 0.25) is 5.43 Å². The fourth-order valence-electron chi connectivity index (χ4n) is 3.24. The largest absolute Gasteiger partial charge is 0.503 e. The number of carbonyl (C=O) groups is 2. The average Bonchev–Trinajstić information content (AvgIpc) is 2.80. The first-order valence-electron chi connectivity index (χ1n) is 9.81. The van der Waals surface area contributed by atoms with Crippen LogP contribution in [-0.4, -0.2) is 49.3 Å². The number of carboxylic acid groups (broad SMARTS) is 1. The summed E-state index contributed by atoms with van der Waals surface area (Å²) in [6.07, 6.45) is -1.94. The van der Waals surface area contributed by atoms with E-state index in [2.05, 4.69) is 4.98 Å². The van der Waals surface area contributed by atoms with Crippen LogP contribution in [0.3, 0.4) is 0 Å². The van der Waals surface area contributed by atoms with Crippen molar-refractivity contribution in [3.8, 4) is 17.0 Å². The average molecular weight is 530 g/mol. The van der Waals surface area contributed by atoms with Crippen molar-refractivity contribution < 1.29 is 33.0 Å². The summed E-state index contributed by atoms with van der Waals surface area (Å²) in [5.74, 6) is -3.74. The first-order chi connectivity index (χ1) is 16.4. The number of aromatic hydroxyl groups is 1. The molecule has 0 unspecified atom stereocenters. The van der Waals surface area contributed by atoms with Crippen LogP contribution >= 0.6 is 23.2 Å². The third-order valence-electron chi connectivity index (χ3n) is 4.90. The van der Waals surface area contributed by atoms with Gasteiger partial charge in [0.1, 0.15) is 0 Å². The molecule has 0 radical (unpaired) electrons. The summed E-state index contributed by atoms with van der Waals surface area (Å²) >= 11 is 12.0. The molecule has 13 heteroatoms. The summed E-state index contributed by atoms with van der Waals surface area (Å²) in [4.78, 5) is 40.2. The highest BCUT2D eigenvalue weighted by atomic mass is 35.5. The Bertz CT molecular complexity index is 1330. The van der Waals surface area contributed by atoms with Gasteiger partial charge in [-0.2, -0.15) is 13.2 Å². The van der Waals surface area contributed by atoms with Gasteiger partial charge >= 0.3 is 12.1 Å². The van der Waals surface area contributed by atoms with Gasteiger partial charge in [-0.1, -0.05) is 35.3 Å². The second-order valence-corrected chi connectivity index (χ2v) is 8.07. The van der Waals surface area contributed by atoms with E-state index >= 15 is 0 Å². The molecular weight excluding hydrogens is 514 g/mol. The molecule has 0 aliphatic carbocycles. The van der Waals surface area contributed by atoms with E-state index < -0.39 is 29.2 Å². The molecule has 1 aliphatic heterocycles. The van der Waals surface area contributed by atoms with Gasteiger partial charge in [0.05, 0.1) is 21.3 Å². The summed E-state index contributed by atoms with van der Waals surface area (Å²) < 4.78 is 33.3. The maximum Gasteiger partial charge on any atom is 0.490 e. The van der Waals surface area contributed by atoms with Gasteiger partial charge in [-0.3, -0.25) is 14.6 Å². The van der Waals surface area contributed by atoms with E-state index in [9.17, 15) is 27.9 Å². The minimum atomic E-state index is -5.08. The van der Waals surface area contributed by atoms with Gasteiger partial charge in [0.15, 0.2) is 11.4 Å². The second-order valence-electron chi connectivity index (χ2n) is 7.26. The topological polar surface area (TPSA) is 113 Å². The molecule has 2 aromatic heterocycles. The Morgan fingerprint density at radius 2 is 1.77 bits per heavy atom. The fraction of sp³-hybridized carbons (Fsp3) is 0.182. The molecule has 0 bridgehead atoms. The number of aromatic nitrogens is 2. The fourth-order valence-corrected chi connectivity index (χ4v) is 3.56. The van der Waals surface area contributed by atoms with Crippen LogP contribution in [0.1, 0.15) is 16.1 Å². The highest BCUT2D eigenvalue weighted by Gasteiger charge is 2.38. The maximum absolute atomic E-state index is 12.9. The van der Waals surface area contributed by atoms with Crippen molar-refractivity contribution in [1.29, 1.82) is 0 Å². The second kappa shape index (κ2) is 10.4. The molecule has 1 aromatic carbocycles. The van der Waals surface area contributed by atoms with Crippen LogP contribution < -0.4 is 5.43 Å². The number of fused-ring (bicyclic) bond motifs is 1. The maximum atomic E-state index is 12.9. The van der Waals surface area contributed by atoms with Crippen LogP contribution in [0.25, 0.3) is 11.3 Å². The summed E-state index contributed by atoms with van der Waals surface area (Å²) in [5.41, 5.74) is 0.880. The van der Waals surface area contributed by atoms with Crippen molar-refractivity contribution in [2.24, 2.45) is 0 Å². The Balaban J connectivity index is 0.000000429. The molecule has 1 aliphatic rings. The molecule has 3 aromatic rings. The smallest absolute Gasteiger partial charge is 0.490 e. The monoisotopic (exact) mass is 529 g/mol. The molecule has 0 saturated carbocycles. The van der Waals surface area contributed by atoms with Gasteiger partial charge in [-0.15, -0.1) is 0 Å². The number of hydrogen-bond acceptors (Lipinski definition) is 5. The van der Waals surface area contributed by atoms with Crippen molar-refractivity contribution >= 4 is 35.1 Å². The lowest BCUT2D eigenvalue weighted by Gasteiger charge is -2.30. The van der Waals surface area contributed by atoms with E-state index in [0.29, 0.717) is 35.4 Å². The summed E-state index contributed by atoms with van der Waals surface area (Å²) in [7, 11) is 0. The molecule has 0 saturated heterocycles. The summed E-state index contributed by atoms with van der Waals surface area (Å²) in [6.45, 7) is 1.16. The molecule has 1 amide bonds. The summed E-state index contributed by atoms with van der Waals surface area (Å²) in [5, 5.41) is 18.4. The van der Waals surface area contributed by atoms with E-state index in [1.165, 1.54) is 0 Å². The van der Waals surface area contributed by atoms with E-state index in [1.807, 2.05) is 0 Å². The lowest BCUT2D eigenvalue weighted by Crippen LogP contribution is -2.41. The standard InChI is InChI=1S/C20H15Cl2N3O3.C2HF3O2/c21-14-5-4-12(9-15(14)22)10-25-8-7-24-11-13(16-3-1-2-6-23-16)18(26)19(27)17(24)20(25)28;3-2(4,5)1(6)7/h1-6,9,11,27H,7-8,10H2;(H,6,7). The lowest BCUT2D eigenvalue weighted by molar-refractivity contribution is -0.192. The van der Waals surface area contributed by atoms with Crippen LogP contribution in [0, 0.1) is 0 Å². The predicted molar refractivity (Wildman–Crippen MR) is 120 cm³/mol. The molecule has 4 rings (SSSR count). The van der Waals surface area contributed by atoms with Crippen molar-refractivity contribution in [3.63, 3.8) is 0 Å². The molecule has 0 fully saturated rings. The number of nitrogens with zero attached hydrogens (tertiary/aromatic N) is 3. The van der Waals surface area contributed by atoms with Crippen LogP contribution in [0.2, 0.25) is 10.0 Å². The van der Waals surface area contributed by atoms with Crippen molar-refractivity contribution in [2.75, 3.05) is 6.54 Å². The number of benzene rings is 1. The van der Waals surface area contributed by atoms with Crippen molar-refractivity contribution in [3.05, 3.63) is 80.3 Å². The van der Waals surface area contributed by atoms with Gasteiger partial charge in [-0.25, -0.2) is 4.79 Å². The predicted octanol–water partition coefficient (Wildman–Crippen LogP) is 4.21. The van der Waals surface area contributed by atoms with Gasteiger partial charge in [0, 0.05) is 32.0 Å². The lowest BCUT2D eigenvalue weighted by atomic mass is 10.1. The number of amides is 1. The van der Waals surface area contributed by atoms with E-state index in [-0.39, 0.29) is 11.3 Å². The highest BCUT2D eigenvalue weighted by molar-refractivity contribution is 6.42.